The van der Waals surface area contributed by atoms with E-state index in [1.807, 2.05) is 0 Å². The van der Waals surface area contributed by atoms with Crippen LogP contribution in [-0.2, 0) is 9.53 Å². The van der Waals surface area contributed by atoms with E-state index >= 15 is 4.39 Å². The SMILES string of the molecule is O=C(OCN1CCC(F)(CN(C(=O)C(F)(F)F)C2CC2c2ccccc2)CC1)c1ccccc1. The molecule has 0 N–H and O–H groups in total. The molecule has 0 bridgehead atoms. The zero-order chi connectivity index (χ0) is 24.3. The summed E-state index contributed by atoms with van der Waals surface area (Å²) in [4.78, 5) is 26.7. The average molecular weight is 478 g/mol. The molecule has 2 unspecified atom stereocenters. The smallest absolute Gasteiger partial charge is 0.446 e. The van der Waals surface area contributed by atoms with Crippen molar-refractivity contribution in [2.24, 2.45) is 0 Å². The number of hydrogen-bond donors (Lipinski definition) is 0. The van der Waals surface area contributed by atoms with Crippen LogP contribution in [0.15, 0.2) is 60.7 Å². The van der Waals surface area contributed by atoms with Crippen LogP contribution in [0.4, 0.5) is 17.6 Å². The van der Waals surface area contributed by atoms with E-state index in [1.54, 1.807) is 65.6 Å². The number of amides is 1. The Bertz CT molecular complexity index is 992. The third-order valence-corrected chi connectivity index (χ3v) is 6.48. The minimum Gasteiger partial charge on any atom is -0.446 e. The fourth-order valence-corrected chi connectivity index (χ4v) is 4.44. The van der Waals surface area contributed by atoms with Crippen LogP contribution < -0.4 is 0 Å². The quantitative estimate of drug-likeness (QED) is 0.433. The first-order valence-corrected chi connectivity index (χ1v) is 11.2. The van der Waals surface area contributed by atoms with Crippen LogP contribution in [0.5, 0.6) is 0 Å². The maximum absolute atomic E-state index is 15.6. The Hall–Kier alpha value is -2.94. The normalized spacial score (nSPS) is 22.1. The highest BCUT2D eigenvalue weighted by atomic mass is 19.4. The molecule has 1 heterocycles. The molecule has 2 aliphatic rings. The Morgan fingerprint density at radius 2 is 1.59 bits per heavy atom. The summed E-state index contributed by atoms with van der Waals surface area (Å²) in [6.45, 7) is -0.219. The summed E-state index contributed by atoms with van der Waals surface area (Å²) in [5, 5.41) is 0. The van der Waals surface area contributed by atoms with Gasteiger partial charge in [-0.05, 0) is 37.0 Å². The Labute approximate surface area is 195 Å². The van der Waals surface area contributed by atoms with Gasteiger partial charge < -0.3 is 9.64 Å². The van der Waals surface area contributed by atoms with E-state index in [-0.39, 0.29) is 38.6 Å². The van der Waals surface area contributed by atoms with Gasteiger partial charge in [-0.25, -0.2) is 9.18 Å². The van der Waals surface area contributed by atoms with Crippen molar-refractivity contribution in [3.05, 3.63) is 71.8 Å². The van der Waals surface area contributed by atoms with E-state index in [4.69, 9.17) is 4.74 Å². The number of likely N-dealkylation sites (tertiary alicyclic amines) is 1. The standard InChI is InChI=1S/C25H26F4N2O3/c26-24(11-13-30(14-12-24)17-34-22(32)19-9-5-2-6-10-19)16-31(23(33)25(27,28)29)21-15-20(21)18-7-3-1-4-8-18/h1-10,20-21H,11-17H2. The number of carbonyl (C=O) groups excluding carboxylic acids is 2. The molecule has 9 heteroatoms. The van der Waals surface area contributed by atoms with Crippen LogP contribution in [0.3, 0.4) is 0 Å². The minimum atomic E-state index is -5.06. The van der Waals surface area contributed by atoms with Gasteiger partial charge in [-0.3, -0.25) is 9.69 Å². The molecule has 1 aliphatic carbocycles. The zero-order valence-electron chi connectivity index (χ0n) is 18.5. The maximum Gasteiger partial charge on any atom is 0.471 e. The lowest BCUT2D eigenvalue weighted by atomic mass is 9.92. The molecule has 0 spiro atoms. The molecule has 0 radical (unpaired) electrons. The van der Waals surface area contributed by atoms with Crippen molar-refractivity contribution in [1.29, 1.82) is 0 Å². The average Bonchev–Trinajstić information content (AvgIpc) is 3.63. The first-order valence-electron chi connectivity index (χ1n) is 11.2. The summed E-state index contributed by atoms with van der Waals surface area (Å²) in [5.74, 6) is -2.72. The number of esters is 1. The van der Waals surface area contributed by atoms with E-state index in [9.17, 15) is 22.8 Å². The Morgan fingerprint density at radius 1 is 1.00 bits per heavy atom. The maximum atomic E-state index is 15.6. The summed E-state index contributed by atoms with van der Waals surface area (Å²) < 4.78 is 60.8. The molecule has 2 aromatic carbocycles. The largest absolute Gasteiger partial charge is 0.471 e. The molecule has 2 atom stereocenters. The molecule has 0 aromatic heterocycles. The molecule has 1 saturated heterocycles. The third-order valence-electron chi connectivity index (χ3n) is 6.48. The molecule has 2 fully saturated rings. The molecule has 2 aromatic rings. The Morgan fingerprint density at radius 3 is 2.18 bits per heavy atom. The third kappa shape index (κ3) is 5.75. The number of rotatable bonds is 7. The van der Waals surface area contributed by atoms with Crippen molar-refractivity contribution in [1.82, 2.24) is 9.80 Å². The van der Waals surface area contributed by atoms with Crippen LogP contribution in [0.25, 0.3) is 0 Å². The highest BCUT2D eigenvalue weighted by Gasteiger charge is 2.54. The van der Waals surface area contributed by atoms with Crippen molar-refractivity contribution >= 4 is 11.9 Å². The van der Waals surface area contributed by atoms with Gasteiger partial charge in [0.1, 0.15) is 12.4 Å². The van der Waals surface area contributed by atoms with Gasteiger partial charge in [0.25, 0.3) is 0 Å². The lowest BCUT2D eigenvalue weighted by Crippen LogP contribution is -2.53. The van der Waals surface area contributed by atoms with Gasteiger partial charge in [-0.2, -0.15) is 13.2 Å². The number of hydrogen-bond acceptors (Lipinski definition) is 4. The molecule has 4 rings (SSSR count). The van der Waals surface area contributed by atoms with Crippen molar-refractivity contribution < 1.29 is 31.9 Å². The number of benzene rings is 2. The topological polar surface area (TPSA) is 49.9 Å². The highest BCUT2D eigenvalue weighted by Crippen LogP contribution is 2.47. The first kappa shape index (κ1) is 24.2. The summed E-state index contributed by atoms with van der Waals surface area (Å²) in [7, 11) is 0. The lowest BCUT2D eigenvalue weighted by molar-refractivity contribution is -0.188. The highest BCUT2D eigenvalue weighted by molar-refractivity contribution is 5.89. The molecule has 1 amide bonds. The van der Waals surface area contributed by atoms with Gasteiger partial charge >= 0.3 is 18.1 Å². The molecular formula is C25H26F4N2O3. The van der Waals surface area contributed by atoms with E-state index in [1.165, 1.54) is 0 Å². The fourth-order valence-electron chi connectivity index (χ4n) is 4.44. The second kappa shape index (κ2) is 9.74. The predicted molar refractivity (Wildman–Crippen MR) is 117 cm³/mol. The van der Waals surface area contributed by atoms with Crippen LogP contribution in [-0.4, -0.2) is 65.9 Å². The van der Waals surface area contributed by atoms with Crippen molar-refractivity contribution in [2.75, 3.05) is 26.4 Å². The van der Waals surface area contributed by atoms with Gasteiger partial charge in [0.2, 0.25) is 0 Å². The number of ether oxygens (including phenoxy) is 1. The van der Waals surface area contributed by atoms with Gasteiger partial charge in [0, 0.05) is 25.0 Å². The fraction of sp³-hybridized carbons (Fsp3) is 0.440. The van der Waals surface area contributed by atoms with Gasteiger partial charge in [0.15, 0.2) is 0 Å². The number of carbonyl (C=O) groups is 2. The Balaban J connectivity index is 1.35. The lowest BCUT2D eigenvalue weighted by Gasteiger charge is -2.39. The zero-order valence-corrected chi connectivity index (χ0v) is 18.5. The summed E-state index contributed by atoms with van der Waals surface area (Å²) in [6, 6.07) is 16.8. The van der Waals surface area contributed by atoms with Crippen molar-refractivity contribution in [3.8, 4) is 0 Å². The van der Waals surface area contributed by atoms with E-state index in [0.717, 1.165) is 5.56 Å². The van der Waals surface area contributed by atoms with Crippen LogP contribution in [0.2, 0.25) is 0 Å². The van der Waals surface area contributed by atoms with E-state index in [0.29, 0.717) is 16.9 Å². The van der Waals surface area contributed by atoms with Crippen LogP contribution in [0, 0.1) is 0 Å². The number of halogens is 4. The number of piperidine rings is 1. The monoisotopic (exact) mass is 478 g/mol. The van der Waals surface area contributed by atoms with E-state index < -0.39 is 36.3 Å². The van der Waals surface area contributed by atoms with Crippen molar-refractivity contribution in [2.45, 2.75) is 43.1 Å². The molecule has 182 valence electrons. The van der Waals surface area contributed by atoms with E-state index in [2.05, 4.69) is 0 Å². The molecule has 1 saturated carbocycles. The minimum absolute atomic E-state index is 0.0340. The van der Waals surface area contributed by atoms with Crippen LogP contribution >= 0.6 is 0 Å². The second-order valence-corrected chi connectivity index (χ2v) is 8.95. The van der Waals surface area contributed by atoms with Crippen LogP contribution in [0.1, 0.15) is 41.1 Å². The first-order chi connectivity index (χ1) is 16.2. The summed E-state index contributed by atoms with van der Waals surface area (Å²) in [5.41, 5.74) is -0.696. The summed E-state index contributed by atoms with van der Waals surface area (Å²) in [6.07, 6.45) is -4.80. The number of alkyl halides is 4. The molecule has 1 aliphatic heterocycles. The van der Waals surface area contributed by atoms with Gasteiger partial charge in [-0.1, -0.05) is 48.5 Å². The summed E-state index contributed by atoms with van der Waals surface area (Å²) >= 11 is 0. The van der Waals surface area contributed by atoms with Gasteiger partial charge in [0.05, 0.1) is 12.1 Å². The Kier molecular flexibility index (Phi) is 6.93. The second-order valence-electron chi connectivity index (χ2n) is 8.95. The molecule has 5 nitrogen and oxygen atoms in total. The molecular weight excluding hydrogens is 452 g/mol. The number of nitrogens with zero attached hydrogens (tertiary/aromatic N) is 2. The van der Waals surface area contributed by atoms with Crippen molar-refractivity contribution in [3.63, 3.8) is 0 Å². The van der Waals surface area contributed by atoms with Gasteiger partial charge in [-0.15, -0.1) is 0 Å². The predicted octanol–water partition coefficient (Wildman–Crippen LogP) is 4.55. The molecule has 34 heavy (non-hydrogen) atoms.